The number of ether oxygens (including phenoxy) is 1. The van der Waals surface area contributed by atoms with E-state index in [0.717, 1.165) is 5.56 Å². The summed E-state index contributed by atoms with van der Waals surface area (Å²) in [6.45, 7) is 1.78. The Morgan fingerprint density at radius 2 is 1.42 bits per heavy atom. The third-order valence-corrected chi connectivity index (χ3v) is 6.84. The van der Waals surface area contributed by atoms with Crippen molar-refractivity contribution in [3.05, 3.63) is 90.0 Å². The first-order valence-electron chi connectivity index (χ1n) is 9.92. The number of aryl methyl sites for hydroxylation is 1. The summed E-state index contributed by atoms with van der Waals surface area (Å²) in [4.78, 5) is 0.147. The molecule has 0 radical (unpaired) electrons. The maximum absolute atomic E-state index is 15.0. The predicted molar refractivity (Wildman–Crippen MR) is 118 cm³/mol. The second-order valence-corrected chi connectivity index (χ2v) is 8.99. The molecule has 0 bridgehead atoms. The molecule has 0 saturated heterocycles. The highest BCUT2D eigenvalue weighted by Crippen LogP contribution is 2.46. The number of nitrogens with one attached hydrogen (secondary N) is 1. The van der Waals surface area contributed by atoms with Crippen LogP contribution in [0.3, 0.4) is 0 Å². The molecule has 3 aromatic rings. The highest BCUT2D eigenvalue weighted by molar-refractivity contribution is 7.85. The number of alkyl halides is 5. The third-order valence-electron chi connectivity index (χ3n) is 5.10. The molecule has 0 aliphatic rings. The zero-order valence-corrected chi connectivity index (χ0v) is 18.6. The van der Waals surface area contributed by atoms with Gasteiger partial charge in [0.2, 0.25) is 0 Å². The molecule has 1 N–H and O–H groups in total. The fraction of sp³-hybridized carbons (Fsp3) is 0.250. The van der Waals surface area contributed by atoms with Gasteiger partial charge in [0, 0.05) is 10.6 Å². The quantitative estimate of drug-likeness (QED) is 0.370. The number of rotatable bonds is 8. The van der Waals surface area contributed by atoms with Crippen LogP contribution in [0.15, 0.2) is 83.8 Å². The van der Waals surface area contributed by atoms with Crippen molar-refractivity contribution in [1.29, 1.82) is 0 Å². The third kappa shape index (κ3) is 5.52. The zero-order chi connectivity index (χ0) is 24.2. The van der Waals surface area contributed by atoms with E-state index in [1.807, 2.05) is 0 Å². The molecule has 0 heterocycles. The molecular formula is C24H22F5NO2S. The fourth-order valence-electron chi connectivity index (χ4n) is 3.30. The van der Waals surface area contributed by atoms with Crippen LogP contribution < -0.4 is 10.1 Å². The highest BCUT2D eigenvalue weighted by Gasteiger charge is 2.65. The lowest BCUT2D eigenvalue weighted by Crippen LogP contribution is -2.54. The SMILES string of the molecule is COc1ccc(N[C@H]([C@H](c2ccccc2)S(=O)c2ccc(C)cc2)C(F)(F)C(F)(F)F)cc1. The van der Waals surface area contributed by atoms with E-state index in [-0.39, 0.29) is 16.1 Å². The maximum atomic E-state index is 15.0. The Bertz CT molecular complexity index is 1070. The van der Waals surface area contributed by atoms with Gasteiger partial charge in [-0.1, -0.05) is 48.0 Å². The number of halogens is 5. The van der Waals surface area contributed by atoms with Crippen LogP contribution in [0.4, 0.5) is 27.6 Å². The van der Waals surface area contributed by atoms with Gasteiger partial charge in [0.15, 0.2) is 0 Å². The van der Waals surface area contributed by atoms with E-state index in [1.54, 1.807) is 25.1 Å². The molecular weight excluding hydrogens is 461 g/mol. The molecule has 3 rings (SSSR count). The first kappa shape index (κ1) is 24.7. The van der Waals surface area contributed by atoms with Crippen LogP contribution in [0, 0.1) is 6.92 Å². The second-order valence-electron chi connectivity index (χ2n) is 7.41. The van der Waals surface area contributed by atoms with Crippen molar-refractivity contribution < 1.29 is 30.9 Å². The Morgan fingerprint density at radius 3 is 1.94 bits per heavy atom. The summed E-state index contributed by atoms with van der Waals surface area (Å²) in [5.41, 5.74) is 0.929. The van der Waals surface area contributed by atoms with Crippen molar-refractivity contribution in [1.82, 2.24) is 0 Å². The first-order chi connectivity index (χ1) is 15.5. The van der Waals surface area contributed by atoms with Gasteiger partial charge < -0.3 is 10.1 Å². The highest BCUT2D eigenvalue weighted by atomic mass is 32.2. The molecule has 0 saturated carbocycles. The number of benzene rings is 3. The Labute approximate surface area is 191 Å². The minimum absolute atomic E-state index is 0.00608. The van der Waals surface area contributed by atoms with Gasteiger partial charge in [0.05, 0.1) is 23.2 Å². The smallest absolute Gasteiger partial charge is 0.455 e. The molecule has 0 spiro atoms. The van der Waals surface area contributed by atoms with Gasteiger partial charge in [-0.05, 0) is 48.9 Å². The van der Waals surface area contributed by atoms with Gasteiger partial charge in [0.1, 0.15) is 11.8 Å². The summed E-state index contributed by atoms with van der Waals surface area (Å²) >= 11 is 0. The molecule has 0 aliphatic heterocycles. The fourth-order valence-corrected chi connectivity index (χ4v) is 4.89. The Kier molecular flexibility index (Phi) is 7.41. The Morgan fingerprint density at radius 1 is 0.848 bits per heavy atom. The minimum Gasteiger partial charge on any atom is -0.497 e. The lowest BCUT2D eigenvalue weighted by molar-refractivity contribution is -0.287. The molecule has 0 amide bonds. The van der Waals surface area contributed by atoms with Gasteiger partial charge in [-0.25, -0.2) is 0 Å². The number of hydrogen-bond acceptors (Lipinski definition) is 3. The van der Waals surface area contributed by atoms with Gasteiger partial charge in [-0.15, -0.1) is 0 Å². The van der Waals surface area contributed by atoms with Gasteiger partial charge in [0.25, 0.3) is 0 Å². The molecule has 33 heavy (non-hydrogen) atoms. The monoisotopic (exact) mass is 483 g/mol. The molecule has 9 heteroatoms. The van der Waals surface area contributed by atoms with Crippen LogP contribution in [0.5, 0.6) is 5.75 Å². The maximum Gasteiger partial charge on any atom is 0.455 e. The van der Waals surface area contributed by atoms with E-state index in [9.17, 15) is 26.2 Å². The number of anilines is 1. The average molecular weight is 484 g/mol. The topological polar surface area (TPSA) is 38.3 Å². The van der Waals surface area contributed by atoms with Gasteiger partial charge in [-0.2, -0.15) is 22.0 Å². The van der Waals surface area contributed by atoms with Gasteiger partial charge in [-0.3, -0.25) is 4.21 Å². The van der Waals surface area contributed by atoms with Crippen LogP contribution in [-0.4, -0.2) is 29.5 Å². The molecule has 0 aliphatic carbocycles. The Balaban J connectivity index is 2.15. The lowest BCUT2D eigenvalue weighted by Gasteiger charge is -2.35. The van der Waals surface area contributed by atoms with E-state index >= 15 is 0 Å². The van der Waals surface area contributed by atoms with Crippen LogP contribution in [-0.2, 0) is 10.8 Å². The molecule has 0 aromatic heterocycles. The van der Waals surface area contributed by atoms with E-state index < -0.39 is 34.2 Å². The number of hydrogen-bond donors (Lipinski definition) is 1. The molecule has 1 unspecified atom stereocenters. The van der Waals surface area contributed by atoms with Crippen molar-refractivity contribution in [2.75, 3.05) is 12.4 Å². The van der Waals surface area contributed by atoms with Crippen molar-refractivity contribution in [3.8, 4) is 5.75 Å². The van der Waals surface area contributed by atoms with E-state index in [4.69, 9.17) is 4.74 Å². The zero-order valence-electron chi connectivity index (χ0n) is 17.8. The standard InChI is InChI=1S/C24H22F5NO2S/c1-16-8-14-20(15-9-16)33(31)21(17-6-4-3-5-7-17)22(23(25,26)24(27,28)29)30-18-10-12-19(32-2)13-11-18/h3-15,21-22,30H,1-2H3/t21-,22+,33?/m0/s1. The van der Waals surface area contributed by atoms with Gasteiger partial charge >= 0.3 is 12.1 Å². The molecule has 176 valence electrons. The summed E-state index contributed by atoms with van der Waals surface area (Å²) < 4.78 is 89.2. The van der Waals surface area contributed by atoms with E-state index in [2.05, 4.69) is 5.32 Å². The minimum atomic E-state index is -5.87. The molecule has 0 fully saturated rings. The van der Waals surface area contributed by atoms with Crippen LogP contribution in [0.2, 0.25) is 0 Å². The lowest BCUT2D eigenvalue weighted by atomic mass is 9.98. The van der Waals surface area contributed by atoms with Crippen LogP contribution >= 0.6 is 0 Å². The van der Waals surface area contributed by atoms with Crippen LogP contribution in [0.1, 0.15) is 16.4 Å². The summed E-state index contributed by atoms with van der Waals surface area (Å²) in [6.07, 6.45) is -5.87. The predicted octanol–water partition coefficient (Wildman–Crippen LogP) is 6.53. The average Bonchev–Trinajstić information content (AvgIpc) is 2.79. The summed E-state index contributed by atoms with van der Waals surface area (Å²) in [6, 6.07) is 16.6. The normalized spacial score (nSPS) is 14.9. The summed E-state index contributed by atoms with van der Waals surface area (Å²) in [5, 5.41) is 0.604. The summed E-state index contributed by atoms with van der Waals surface area (Å²) in [7, 11) is -0.837. The van der Waals surface area contributed by atoms with Crippen molar-refractivity contribution in [2.45, 2.75) is 35.2 Å². The summed E-state index contributed by atoms with van der Waals surface area (Å²) in [5.74, 6) is -4.80. The number of methoxy groups -OCH3 is 1. The van der Waals surface area contributed by atoms with Crippen LogP contribution in [0.25, 0.3) is 0 Å². The van der Waals surface area contributed by atoms with Crippen molar-refractivity contribution in [3.63, 3.8) is 0 Å². The molecule has 3 atom stereocenters. The second kappa shape index (κ2) is 9.91. The van der Waals surface area contributed by atoms with Crippen molar-refractivity contribution in [2.24, 2.45) is 0 Å². The van der Waals surface area contributed by atoms with E-state index in [0.29, 0.717) is 5.75 Å². The molecule has 3 aromatic carbocycles. The Hall–Kier alpha value is -2.94. The molecule has 3 nitrogen and oxygen atoms in total. The largest absolute Gasteiger partial charge is 0.497 e. The first-order valence-corrected chi connectivity index (χ1v) is 11.1. The van der Waals surface area contributed by atoms with Crippen molar-refractivity contribution >= 4 is 16.5 Å². The van der Waals surface area contributed by atoms with E-state index in [1.165, 1.54) is 67.8 Å².